The Morgan fingerprint density at radius 2 is 1.64 bits per heavy atom. The average Bonchev–Trinajstić information content (AvgIpc) is 2.65. The van der Waals surface area contributed by atoms with E-state index in [9.17, 15) is 0 Å². The summed E-state index contributed by atoms with van der Waals surface area (Å²) in [5.74, 6) is 1.66. The molecule has 0 saturated heterocycles. The molecule has 0 aliphatic rings. The highest BCUT2D eigenvalue weighted by atomic mass is 16.5. The first-order valence-corrected chi connectivity index (χ1v) is 8.54. The molecule has 0 heterocycles. The van der Waals surface area contributed by atoms with Gasteiger partial charge in [-0.1, -0.05) is 48.5 Å². The Balaban J connectivity index is 1.77. The summed E-state index contributed by atoms with van der Waals surface area (Å²) in [4.78, 5) is 6.48. The third kappa shape index (κ3) is 6.47. The first-order chi connectivity index (χ1) is 12.2. The van der Waals surface area contributed by atoms with Crippen molar-refractivity contribution >= 4 is 5.96 Å². The molecule has 1 atom stereocenters. The molecular weight excluding hydrogens is 312 g/mol. The minimum atomic E-state index is 0.278. The largest absolute Gasteiger partial charge is 0.492 e. The minimum absolute atomic E-state index is 0.278. The van der Waals surface area contributed by atoms with E-state index in [1.54, 1.807) is 7.05 Å². The number of nitrogens with zero attached hydrogens (tertiary/aromatic N) is 2. The number of nitrogens with one attached hydrogen (secondary N) is 2. The summed E-state index contributed by atoms with van der Waals surface area (Å²) in [5, 5.41) is 6.67. The Hall–Kier alpha value is -2.53. The van der Waals surface area contributed by atoms with Crippen LogP contribution in [0.1, 0.15) is 11.6 Å². The lowest BCUT2D eigenvalue weighted by Crippen LogP contribution is -2.43. The van der Waals surface area contributed by atoms with E-state index in [1.807, 2.05) is 36.4 Å². The van der Waals surface area contributed by atoms with Gasteiger partial charge in [-0.05, 0) is 31.8 Å². The summed E-state index contributed by atoms with van der Waals surface area (Å²) in [6.45, 7) is 2.04. The summed E-state index contributed by atoms with van der Waals surface area (Å²) in [7, 11) is 5.95. The van der Waals surface area contributed by atoms with Crippen molar-refractivity contribution in [3.63, 3.8) is 0 Å². The molecular formula is C20H28N4O. The summed E-state index contributed by atoms with van der Waals surface area (Å²) in [6.07, 6.45) is 0. The van der Waals surface area contributed by atoms with E-state index in [0.29, 0.717) is 13.2 Å². The molecule has 0 saturated carbocycles. The van der Waals surface area contributed by atoms with Gasteiger partial charge in [-0.15, -0.1) is 0 Å². The van der Waals surface area contributed by atoms with Crippen LogP contribution in [0.3, 0.4) is 0 Å². The van der Waals surface area contributed by atoms with Crippen molar-refractivity contribution in [3.05, 3.63) is 66.2 Å². The van der Waals surface area contributed by atoms with Crippen molar-refractivity contribution in [2.45, 2.75) is 6.04 Å². The second-order valence-electron chi connectivity index (χ2n) is 5.93. The van der Waals surface area contributed by atoms with E-state index in [1.165, 1.54) is 5.56 Å². The summed E-state index contributed by atoms with van der Waals surface area (Å²) in [5.41, 5.74) is 1.28. The molecule has 25 heavy (non-hydrogen) atoms. The summed E-state index contributed by atoms with van der Waals surface area (Å²) in [6, 6.07) is 20.6. The minimum Gasteiger partial charge on any atom is -0.492 e. The summed E-state index contributed by atoms with van der Waals surface area (Å²) < 4.78 is 5.68. The Morgan fingerprint density at radius 1 is 1.00 bits per heavy atom. The zero-order valence-electron chi connectivity index (χ0n) is 15.3. The van der Waals surface area contributed by atoms with Crippen LogP contribution in [-0.4, -0.2) is 51.7 Å². The molecule has 0 spiro atoms. The predicted molar refractivity (Wildman–Crippen MR) is 104 cm³/mol. The van der Waals surface area contributed by atoms with Gasteiger partial charge in [0.15, 0.2) is 5.96 Å². The van der Waals surface area contributed by atoms with Crippen molar-refractivity contribution in [2.24, 2.45) is 4.99 Å². The van der Waals surface area contributed by atoms with Crippen LogP contribution < -0.4 is 15.4 Å². The molecule has 0 aromatic heterocycles. The predicted octanol–water partition coefficient (Wildman–Crippen LogP) is 2.53. The smallest absolute Gasteiger partial charge is 0.191 e. The highest BCUT2D eigenvalue weighted by Crippen LogP contribution is 2.16. The molecule has 2 aromatic carbocycles. The molecule has 2 aromatic rings. The fourth-order valence-corrected chi connectivity index (χ4v) is 2.54. The van der Waals surface area contributed by atoms with E-state index in [-0.39, 0.29) is 6.04 Å². The van der Waals surface area contributed by atoms with E-state index in [0.717, 1.165) is 18.3 Å². The van der Waals surface area contributed by atoms with Gasteiger partial charge in [-0.25, -0.2) is 0 Å². The van der Waals surface area contributed by atoms with E-state index >= 15 is 0 Å². The van der Waals surface area contributed by atoms with Crippen molar-refractivity contribution < 1.29 is 4.74 Å². The Labute approximate surface area is 150 Å². The third-order valence-electron chi connectivity index (χ3n) is 3.90. The third-order valence-corrected chi connectivity index (χ3v) is 3.90. The van der Waals surface area contributed by atoms with Crippen LogP contribution in [0.2, 0.25) is 0 Å². The second-order valence-corrected chi connectivity index (χ2v) is 5.93. The molecule has 5 heteroatoms. The van der Waals surface area contributed by atoms with Gasteiger partial charge >= 0.3 is 0 Å². The molecule has 0 amide bonds. The normalized spacial score (nSPS) is 12.7. The Morgan fingerprint density at radius 3 is 2.24 bits per heavy atom. The van der Waals surface area contributed by atoms with Crippen LogP contribution >= 0.6 is 0 Å². The number of rotatable bonds is 8. The van der Waals surface area contributed by atoms with Crippen LogP contribution in [0.15, 0.2) is 65.7 Å². The van der Waals surface area contributed by atoms with Crippen LogP contribution in [0.25, 0.3) is 0 Å². The van der Waals surface area contributed by atoms with Gasteiger partial charge in [0.25, 0.3) is 0 Å². The Bertz CT molecular complexity index is 629. The molecule has 1 unspecified atom stereocenters. The first-order valence-electron chi connectivity index (χ1n) is 8.54. The molecule has 2 N–H and O–H groups in total. The van der Waals surface area contributed by atoms with Gasteiger partial charge in [0.05, 0.1) is 12.6 Å². The van der Waals surface area contributed by atoms with Crippen LogP contribution in [-0.2, 0) is 0 Å². The fraction of sp³-hybridized carbons (Fsp3) is 0.350. The van der Waals surface area contributed by atoms with Crippen LogP contribution in [0, 0.1) is 0 Å². The number of guanidine groups is 1. The lowest BCUT2D eigenvalue weighted by atomic mass is 10.1. The maximum Gasteiger partial charge on any atom is 0.191 e. The molecule has 5 nitrogen and oxygen atoms in total. The van der Waals surface area contributed by atoms with E-state index < -0.39 is 0 Å². The monoisotopic (exact) mass is 340 g/mol. The van der Waals surface area contributed by atoms with E-state index in [4.69, 9.17) is 4.74 Å². The van der Waals surface area contributed by atoms with Crippen molar-refractivity contribution in [1.29, 1.82) is 0 Å². The van der Waals surface area contributed by atoms with Crippen molar-refractivity contribution in [2.75, 3.05) is 40.8 Å². The zero-order chi connectivity index (χ0) is 17.9. The number of ether oxygens (including phenoxy) is 1. The fourth-order valence-electron chi connectivity index (χ4n) is 2.54. The van der Waals surface area contributed by atoms with Gasteiger partial charge < -0.3 is 20.3 Å². The van der Waals surface area contributed by atoms with Crippen molar-refractivity contribution in [3.8, 4) is 5.75 Å². The number of para-hydroxylation sites is 1. The highest BCUT2D eigenvalue weighted by Gasteiger charge is 2.14. The number of benzene rings is 2. The molecule has 0 fully saturated rings. The first kappa shape index (κ1) is 18.8. The van der Waals surface area contributed by atoms with Crippen LogP contribution in [0.5, 0.6) is 5.75 Å². The standard InChI is InChI=1S/C20H28N4O/c1-21-20(22-14-15-25-18-12-8-5-9-13-18)23-16-19(24(2)3)17-10-6-4-7-11-17/h4-13,19H,14-16H2,1-3H3,(H2,21,22,23). The molecule has 0 bridgehead atoms. The lowest BCUT2D eigenvalue weighted by molar-refractivity contribution is 0.297. The average molecular weight is 340 g/mol. The highest BCUT2D eigenvalue weighted by molar-refractivity contribution is 5.79. The number of hydrogen-bond acceptors (Lipinski definition) is 3. The molecule has 0 aliphatic carbocycles. The zero-order valence-corrected chi connectivity index (χ0v) is 15.3. The SMILES string of the molecule is CN=C(NCCOc1ccccc1)NCC(c1ccccc1)N(C)C. The number of aliphatic imine (C=N–C) groups is 1. The lowest BCUT2D eigenvalue weighted by Gasteiger charge is -2.26. The van der Waals surface area contributed by atoms with Gasteiger partial charge in [0, 0.05) is 13.6 Å². The van der Waals surface area contributed by atoms with E-state index in [2.05, 4.69) is 58.9 Å². The Kier molecular flexibility index (Phi) is 7.79. The second kappa shape index (κ2) is 10.4. The topological polar surface area (TPSA) is 48.9 Å². The molecule has 0 aliphatic heterocycles. The van der Waals surface area contributed by atoms with Gasteiger partial charge in [0.2, 0.25) is 0 Å². The molecule has 2 rings (SSSR count). The number of likely N-dealkylation sites (N-methyl/N-ethyl adjacent to an activating group) is 1. The van der Waals surface area contributed by atoms with Gasteiger partial charge in [-0.3, -0.25) is 4.99 Å². The van der Waals surface area contributed by atoms with Crippen LogP contribution in [0.4, 0.5) is 0 Å². The molecule has 134 valence electrons. The maximum absolute atomic E-state index is 5.68. The summed E-state index contributed by atoms with van der Waals surface area (Å²) >= 11 is 0. The van der Waals surface area contributed by atoms with Crippen molar-refractivity contribution in [1.82, 2.24) is 15.5 Å². The maximum atomic E-state index is 5.68. The molecule has 0 radical (unpaired) electrons. The van der Waals surface area contributed by atoms with Gasteiger partial charge in [0.1, 0.15) is 12.4 Å². The van der Waals surface area contributed by atoms with Gasteiger partial charge in [-0.2, -0.15) is 0 Å². The quantitative estimate of drug-likeness (QED) is 0.440. The number of hydrogen-bond donors (Lipinski definition) is 2.